The first kappa shape index (κ1) is 16.1. The van der Waals surface area contributed by atoms with E-state index in [0.29, 0.717) is 0 Å². The van der Waals surface area contributed by atoms with Crippen molar-refractivity contribution in [1.82, 2.24) is 15.1 Å². The fourth-order valence-electron chi connectivity index (χ4n) is 2.52. The first-order chi connectivity index (χ1) is 10.2. The van der Waals surface area contributed by atoms with E-state index < -0.39 is 0 Å². The molecular formula is C17H24ClN3. The molecule has 2 aromatic rings. The number of nitrogens with zero attached hydrogens (tertiary/aromatic N) is 2. The van der Waals surface area contributed by atoms with E-state index in [1.807, 2.05) is 4.68 Å². The van der Waals surface area contributed by atoms with Crippen LogP contribution in [0.4, 0.5) is 0 Å². The van der Waals surface area contributed by atoms with Crippen LogP contribution in [0.3, 0.4) is 0 Å². The van der Waals surface area contributed by atoms with Crippen molar-refractivity contribution in [3.63, 3.8) is 0 Å². The van der Waals surface area contributed by atoms with Gasteiger partial charge in [0, 0.05) is 6.54 Å². The second-order valence-electron chi connectivity index (χ2n) is 5.18. The Morgan fingerprint density at radius 3 is 2.48 bits per heavy atom. The quantitative estimate of drug-likeness (QED) is 0.830. The van der Waals surface area contributed by atoms with Gasteiger partial charge in [0.25, 0.3) is 0 Å². The Morgan fingerprint density at radius 1 is 1.19 bits per heavy atom. The number of aromatic nitrogens is 2. The maximum atomic E-state index is 6.38. The van der Waals surface area contributed by atoms with Crippen LogP contribution in [0.2, 0.25) is 5.02 Å². The highest BCUT2D eigenvalue weighted by molar-refractivity contribution is 6.31. The highest BCUT2D eigenvalue weighted by Crippen LogP contribution is 2.28. The summed E-state index contributed by atoms with van der Waals surface area (Å²) in [6.45, 7) is 8.20. The van der Waals surface area contributed by atoms with Crippen LogP contribution in [0.5, 0.6) is 0 Å². The van der Waals surface area contributed by atoms with Crippen LogP contribution >= 0.6 is 11.6 Å². The molecule has 0 radical (unpaired) electrons. The van der Waals surface area contributed by atoms with E-state index in [0.717, 1.165) is 36.6 Å². The Labute approximate surface area is 132 Å². The minimum Gasteiger partial charge on any atom is -0.305 e. The zero-order valence-corrected chi connectivity index (χ0v) is 13.8. The number of benzene rings is 1. The van der Waals surface area contributed by atoms with E-state index in [9.17, 15) is 0 Å². The van der Waals surface area contributed by atoms with Crippen molar-refractivity contribution < 1.29 is 0 Å². The monoisotopic (exact) mass is 305 g/mol. The summed E-state index contributed by atoms with van der Waals surface area (Å²) in [6.07, 6.45) is 3.88. The lowest BCUT2D eigenvalue weighted by Gasteiger charge is -2.21. The summed E-state index contributed by atoms with van der Waals surface area (Å²) in [6, 6.07) is 8.85. The molecule has 3 nitrogen and oxygen atoms in total. The van der Waals surface area contributed by atoms with Gasteiger partial charge in [-0.2, -0.15) is 5.10 Å². The highest BCUT2D eigenvalue weighted by Gasteiger charge is 2.21. The van der Waals surface area contributed by atoms with Gasteiger partial charge in [0.15, 0.2) is 0 Å². The third kappa shape index (κ3) is 3.66. The van der Waals surface area contributed by atoms with E-state index >= 15 is 0 Å². The molecule has 0 aliphatic rings. The molecule has 0 saturated carbocycles. The van der Waals surface area contributed by atoms with E-state index in [4.69, 9.17) is 11.6 Å². The average molecular weight is 306 g/mol. The van der Waals surface area contributed by atoms with Crippen molar-refractivity contribution in [2.75, 3.05) is 6.54 Å². The van der Waals surface area contributed by atoms with Gasteiger partial charge in [-0.05, 0) is 37.4 Å². The fraction of sp³-hybridized carbons (Fsp3) is 0.471. The van der Waals surface area contributed by atoms with Crippen LogP contribution in [0, 0.1) is 0 Å². The predicted molar refractivity (Wildman–Crippen MR) is 88.9 cm³/mol. The largest absolute Gasteiger partial charge is 0.305 e. The first-order valence-electron chi connectivity index (χ1n) is 7.74. The molecule has 2 rings (SSSR count). The van der Waals surface area contributed by atoms with Crippen molar-refractivity contribution >= 4 is 11.6 Å². The topological polar surface area (TPSA) is 29.9 Å². The van der Waals surface area contributed by atoms with Crippen LogP contribution in [0.25, 0.3) is 0 Å². The summed E-state index contributed by atoms with van der Waals surface area (Å²) in [5.74, 6) is 0. The third-order valence-corrected chi connectivity index (χ3v) is 4.02. The van der Waals surface area contributed by atoms with E-state index in [2.05, 4.69) is 55.5 Å². The number of halogens is 1. The Balaban J connectivity index is 2.39. The summed E-state index contributed by atoms with van der Waals surface area (Å²) in [5.41, 5.74) is 3.64. The normalized spacial score (nSPS) is 12.6. The minimum atomic E-state index is 0.0887. The smallest absolute Gasteiger partial charge is 0.0837 e. The Kier molecular flexibility index (Phi) is 5.83. The van der Waals surface area contributed by atoms with Gasteiger partial charge >= 0.3 is 0 Å². The third-order valence-electron chi connectivity index (χ3n) is 3.73. The van der Waals surface area contributed by atoms with Gasteiger partial charge in [-0.1, -0.05) is 49.7 Å². The molecule has 0 bridgehead atoms. The molecule has 114 valence electrons. The van der Waals surface area contributed by atoms with Crippen LogP contribution in [-0.2, 0) is 13.0 Å². The number of hydrogen-bond acceptors (Lipinski definition) is 2. The Morgan fingerprint density at radius 2 is 1.90 bits per heavy atom. The van der Waals surface area contributed by atoms with E-state index in [1.165, 1.54) is 11.1 Å². The van der Waals surface area contributed by atoms with E-state index in [1.54, 1.807) is 6.20 Å². The van der Waals surface area contributed by atoms with Crippen LogP contribution < -0.4 is 5.32 Å². The SMILES string of the molecule is CCCNC(c1ccc(CC)cc1)c1c(Cl)cnn1CC. The summed E-state index contributed by atoms with van der Waals surface area (Å²) >= 11 is 6.38. The standard InChI is InChI=1S/C17H24ClN3/c1-4-11-19-16(14-9-7-13(5-2)8-10-14)17-15(18)12-20-21(17)6-3/h7-10,12,16,19H,4-6,11H2,1-3H3. The van der Waals surface area contributed by atoms with Crippen LogP contribution in [0.15, 0.2) is 30.5 Å². The molecule has 1 atom stereocenters. The van der Waals surface area contributed by atoms with Gasteiger partial charge in [-0.15, -0.1) is 0 Å². The van der Waals surface area contributed by atoms with Gasteiger partial charge < -0.3 is 5.32 Å². The van der Waals surface area contributed by atoms with Crippen molar-refractivity contribution in [3.05, 3.63) is 52.3 Å². The Hall–Kier alpha value is -1.32. The fourth-order valence-corrected chi connectivity index (χ4v) is 2.77. The lowest BCUT2D eigenvalue weighted by atomic mass is 10.0. The van der Waals surface area contributed by atoms with Gasteiger partial charge in [-0.3, -0.25) is 4.68 Å². The number of aryl methyl sites for hydroxylation is 2. The molecule has 1 unspecified atom stereocenters. The molecular weight excluding hydrogens is 282 g/mol. The molecule has 0 aliphatic heterocycles. The molecule has 0 spiro atoms. The highest BCUT2D eigenvalue weighted by atomic mass is 35.5. The number of rotatable bonds is 7. The van der Waals surface area contributed by atoms with Crippen molar-refractivity contribution in [2.24, 2.45) is 0 Å². The van der Waals surface area contributed by atoms with Gasteiger partial charge in [0.05, 0.1) is 23.0 Å². The van der Waals surface area contributed by atoms with Crippen molar-refractivity contribution in [2.45, 2.75) is 46.2 Å². The molecule has 1 N–H and O–H groups in total. The molecule has 0 fully saturated rings. The van der Waals surface area contributed by atoms with E-state index in [-0.39, 0.29) is 6.04 Å². The maximum Gasteiger partial charge on any atom is 0.0837 e. The molecule has 21 heavy (non-hydrogen) atoms. The lowest BCUT2D eigenvalue weighted by Crippen LogP contribution is -2.26. The summed E-state index contributed by atoms with van der Waals surface area (Å²) in [5, 5.41) is 8.69. The lowest BCUT2D eigenvalue weighted by molar-refractivity contribution is 0.530. The molecule has 1 aromatic heterocycles. The molecule has 4 heteroatoms. The molecule has 0 aliphatic carbocycles. The van der Waals surface area contributed by atoms with Crippen molar-refractivity contribution in [1.29, 1.82) is 0 Å². The van der Waals surface area contributed by atoms with Gasteiger partial charge in [0.1, 0.15) is 0 Å². The van der Waals surface area contributed by atoms with Crippen molar-refractivity contribution in [3.8, 4) is 0 Å². The zero-order chi connectivity index (χ0) is 15.2. The number of nitrogens with one attached hydrogen (secondary N) is 1. The second kappa shape index (κ2) is 7.62. The summed E-state index contributed by atoms with van der Waals surface area (Å²) in [4.78, 5) is 0. The van der Waals surface area contributed by atoms with Crippen LogP contribution in [0.1, 0.15) is 50.1 Å². The minimum absolute atomic E-state index is 0.0887. The first-order valence-corrected chi connectivity index (χ1v) is 8.12. The zero-order valence-electron chi connectivity index (χ0n) is 13.1. The predicted octanol–water partition coefficient (Wildman–Crippen LogP) is 4.21. The van der Waals surface area contributed by atoms with Gasteiger partial charge in [-0.25, -0.2) is 0 Å². The molecule has 1 heterocycles. The molecule has 0 saturated heterocycles. The average Bonchev–Trinajstić information content (AvgIpc) is 2.89. The maximum absolute atomic E-state index is 6.38. The summed E-state index contributed by atoms with van der Waals surface area (Å²) < 4.78 is 1.98. The second-order valence-corrected chi connectivity index (χ2v) is 5.58. The van der Waals surface area contributed by atoms with Crippen LogP contribution in [-0.4, -0.2) is 16.3 Å². The Bertz CT molecular complexity index is 560. The summed E-state index contributed by atoms with van der Waals surface area (Å²) in [7, 11) is 0. The number of hydrogen-bond donors (Lipinski definition) is 1. The molecule has 0 amide bonds. The molecule has 1 aromatic carbocycles. The van der Waals surface area contributed by atoms with Gasteiger partial charge in [0.2, 0.25) is 0 Å².